The number of imidazole rings is 1. The monoisotopic (exact) mass is 289 g/mol. The van der Waals surface area contributed by atoms with Crippen LogP contribution in [0.15, 0.2) is 23.0 Å². The van der Waals surface area contributed by atoms with Crippen molar-refractivity contribution in [2.24, 2.45) is 0 Å². The largest absolute Gasteiger partial charge is 0.350 e. The molecule has 1 aliphatic rings. The highest BCUT2D eigenvalue weighted by atomic mass is 32.1. The SMILES string of the molecule is O=Cc1c(N2CCc3sccc3C2)nc2sccn12. The van der Waals surface area contributed by atoms with Crippen LogP contribution in [0.4, 0.5) is 5.82 Å². The van der Waals surface area contributed by atoms with Gasteiger partial charge in [0.15, 0.2) is 17.1 Å². The van der Waals surface area contributed by atoms with Gasteiger partial charge in [0.2, 0.25) is 0 Å². The van der Waals surface area contributed by atoms with E-state index in [9.17, 15) is 4.79 Å². The maximum absolute atomic E-state index is 11.4. The molecule has 0 atom stereocenters. The summed E-state index contributed by atoms with van der Waals surface area (Å²) in [4.78, 5) is 20.5. The lowest BCUT2D eigenvalue weighted by molar-refractivity contribution is 0.111. The molecule has 1 aliphatic heterocycles. The Morgan fingerprint density at radius 2 is 2.26 bits per heavy atom. The Kier molecular flexibility index (Phi) is 2.46. The molecule has 0 amide bonds. The van der Waals surface area contributed by atoms with Gasteiger partial charge in [-0.3, -0.25) is 9.20 Å². The highest BCUT2D eigenvalue weighted by molar-refractivity contribution is 7.15. The molecular weight excluding hydrogens is 278 g/mol. The number of aldehydes is 1. The molecule has 0 aromatic carbocycles. The fraction of sp³-hybridized carbons (Fsp3) is 0.231. The van der Waals surface area contributed by atoms with Crippen molar-refractivity contribution >= 4 is 39.7 Å². The number of rotatable bonds is 2. The van der Waals surface area contributed by atoms with Gasteiger partial charge in [-0.2, -0.15) is 0 Å². The van der Waals surface area contributed by atoms with Crippen LogP contribution < -0.4 is 4.90 Å². The molecule has 3 aromatic rings. The molecule has 19 heavy (non-hydrogen) atoms. The number of thiophene rings is 1. The first-order valence-electron chi connectivity index (χ1n) is 6.08. The number of hydrogen-bond donors (Lipinski definition) is 0. The zero-order chi connectivity index (χ0) is 12.8. The van der Waals surface area contributed by atoms with Gasteiger partial charge in [-0.15, -0.1) is 22.7 Å². The second kappa shape index (κ2) is 4.18. The number of carbonyl (C=O) groups is 1. The van der Waals surface area contributed by atoms with Crippen LogP contribution in [-0.2, 0) is 13.0 Å². The van der Waals surface area contributed by atoms with Gasteiger partial charge >= 0.3 is 0 Å². The smallest absolute Gasteiger partial charge is 0.196 e. The molecule has 0 unspecified atom stereocenters. The van der Waals surface area contributed by atoms with Gasteiger partial charge in [-0.05, 0) is 23.4 Å². The lowest BCUT2D eigenvalue weighted by atomic mass is 10.1. The lowest BCUT2D eigenvalue weighted by Crippen LogP contribution is -2.30. The second-order valence-electron chi connectivity index (χ2n) is 4.53. The third-order valence-corrected chi connectivity index (χ3v) is 5.28. The predicted octanol–water partition coefficient (Wildman–Crippen LogP) is 2.83. The van der Waals surface area contributed by atoms with Crippen LogP contribution in [0.25, 0.3) is 4.96 Å². The van der Waals surface area contributed by atoms with Crippen molar-refractivity contribution in [1.29, 1.82) is 0 Å². The summed E-state index contributed by atoms with van der Waals surface area (Å²) >= 11 is 3.38. The molecule has 4 heterocycles. The first-order valence-corrected chi connectivity index (χ1v) is 7.83. The number of carbonyl (C=O) groups excluding carboxylic acids is 1. The molecule has 0 saturated heterocycles. The summed E-state index contributed by atoms with van der Waals surface area (Å²) in [6.45, 7) is 1.78. The molecule has 4 rings (SSSR count). The van der Waals surface area contributed by atoms with E-state index in [0.29, 0.717) is 5.69 Å². The van der Waals surface area contributed by atoms with Crippen molar-refractivity contribution in [1.82, 2.24) is 9.38 Å². The molecule has 0 saturated carbocycles. The minimum absolute atomic E-state index is 0.662. The molecule has 3 aromatic heterocycles. The van der Waals surface area contributed by atoms with Gasteiger partial charge in [0.1, 0.15) is 5.69 Å². The minimum atomic E-state index is 0.662. The number of nitrogens with zero attached hydrogens (tertiary/aromatic N) is 3. The molecule has 0 fully saturated rings. The van der Waals surface area contributed by atoms with Crippen LogP contribution in [0, 0.1) is 0 Å². The Balaban J connectivity index is 1.79. The molecular formula is C13H11N3OS2. The van der Waals surface area contributed by atoms with Crippen LogP contribution in [0.1, 0.15) is 20.9 Å². The maximum atomic E-state index is 11.4. The number of anilines is 1. The van der Waals surface area contributed by atoms with Gasteiger partial charge < -0.3 is 4.90 Å². The molecule has 96 valence electrons. The number of thiazole rings is 1. The summed E-state index contributed by atoms with van der Waals surface area (Å²) < 4.78 is 1.87. The van der Waals surface area contributed by atoms with Crippen molar-refractivity contribution in [3.05, 3.63) is 39.2 Å². The van der Waals surface area contributed by atoms with E-state index in [-0.39, 0.29) is 0 Å². The third-order valence-electron chi connectivity index (χ3n) is 3.50. The summed E-state index contributed by atoms with van der Waals surface area (Å²) in [5.74, 6) is 0.818. The zero-order valence-electron chi connectivity index (χ0n) is 10.1. The average Bonchev–Trinajstić information content (AvgIpc) is 3.12. The highest BCUT2D eigenvalue weighted by Crippen LogP contribution is 2.30. The van der Waals surface area contributed by atoms with E-state index in [1.807, 2.05) is 27.3 Å². The van der Waals surface area contributed by atoms with Crippen LogP contribution >= 0.6 is 22.7 Å². The lowest BCUT2D eigenvalue weighted by Gasteiger charge is -2.27. The van der Waals surface area contributed by atoms with E-state index < -0.39 is 0 Å². The Morgan fingerprint density at radius 3 is 3.16 bits per heavy atom. The molecule has 0 radical (unpaired) electrons. The van der Waals surface area contributed by atoms with E-state index in [2.05, 4.69) is 21.3 Å². The summed E-state index contributed by atoms with van der Waals surface area (Å²) in [7, 11) is 0. The van der Waals surface area contributed by atoms with Gasteiger partial charge in [0.05, 0.1) is 0 Å². The van der Waals surface area contributed by atoms with Gasteiger partial charge in [-0.25, -0.2) is 4.98 Å². The van der Waals surface area contributed by atoms with Crippen LogP contribution in [0.2, 0.25) is 0 Å². The maximum Gasteiger partial charge on any atom is 0.196 e. The first kappa shape index (κ1) is 11.2. The topological polar surface area (TPSA) is 37.6 Å². The first-order chi connectivity index (χ1) is 9.36. The fourth-order valence-electron chi connectivity index (χ4n) is 2.56. The molecule has 0 bridgehead atoms. The summed E-state index contributed by atoms with van der Waals surface area (Å²) in [6, 6.07) is 2.17. The van der Waals surface area contributed by atoms with E-state index in [1.54, 1.807) is 11.3 Å². The van der Waals surface area contributed by atoms with Gasteiger partial charge in [0.25, 0.3) is 0 Å². The summed E-state index contributed by atoms with van der Waals surface area (Å²) in [5, 5.41) is 4.09. The van der Waals surface area contributed by atoms with Crippen LogP contribution in [0.5, 0.6) is 0 Å². The van der Waals surface area contributed by atoms with Crippen LogP contribution in [-0.4, -0.2) is 22.2 Å². The standard InChI is InChI=1S/C13H11N3OS2/c17-8-10-12(14-13-16(10)4-6-19-13)15-3-1-11-9(7-15)2-5-18-11/h2,4-6,8H,1,3,7H2. The number of aromatic nitrogens is 2. The molecule has 0 aliphatic carbocycles. The fourth-order valence-corrected chi connectivity index (χ4v) is 4.17. The van der Waals surface area contributed by atoms with Crippen molar-refractivity contribution in [2.75, 3.05) is 11.4 Å². The van der Waals surface area contributed by atoms with E-state index in [0.717, 1.165) is 36.6 Å². The molecule has 0 N–H and O–H groups in total. The zero-order valence-corrected chi connectivity index (χ0v) is 11.7. The second-order valence-corrected chi connectivity index (χ2v) is 6.41. The summed E-state index contributed by atoms with van der Waals surface area (Å²) in [5.41, 5.74) is 2.03. The van der Waals surface area contributed by atoms with E-state index in [1.165, 1.54) is 10.4 Å². The molecule has 0 spiro atoms. The Hall–Kier alpha value is -1.66. The highest BCUT2D eigenvalue weighted by Gasteiger charge is 2.23. The van der Waals surface area contributed by atoms with Gasteiger partial charge in [-0.1, -0.05) is 0 Å². The number of fused-ring (bicyclic) bond motifs is 2. The Bertz CT molecular complexity index is 755. The molecule has 6 heteroatoms. The van der Waals surface area contributed by atoms with E-state index in [4.69, 9.17) is 0 Å². The quantitative estimate of drug-likeness (QED) is 0.681. The average molecular weight is 289 g/mol. The van der Waals surface area contributed by atoms with Crippen molar-refractivity contribution < 1.29 is 4.79 Å². The predicted molar refractivity (Wildman–Crippen MR) is 77.5 cm³/mol. The molecule has 4 nitrogen and oxygen atoms in total. The normalized spacial score (nSPS) is 14.8. The van der Waals surface area contributed by atoms with E-state index >= 15 is 0 Å². The number of hydrogen-bond acceptors (Lipinski definition) is 5. The Labute approximate surface area is 117 Å². The van der Waals surface area contributed by atoms with Gasteiger partial charge in [0, 0.05) is 29.5 Å². The van der Waals surface area contributed by atoms with Crippen molar-refractivity contribution in [2.45, 2.75) is 13.0 Å². The summed E-state index contributed by atoms with van der Waals surface area (Å²) in [6.07, 6.45) is 3.85. The van der Waals surface area contributed by atoms with Crippen LogP contribution in [0.3, 0.4) is 0 Å². The van der Waals surface area contributed by atoms with Crippen molar-refractivity contribution in [3.63, 3.8) is 0 Å². The van der Waals surface area contributed by atoms with Crippen molar-refractivity contribution in [3.8, 4) is 0 Å². The third kappa shape index (κ3) is 1.63. The minimum Gasteiger partial charge on any atom is -0.350 e. The Morgan fingerprint density at radius 1 is 1.32 bits per heavy atom.